The van der Waals surface area contributed by atoms with Crippen LogP contribution >= 0.6 is 0 Å². The van der Waals surface area contributed by atoms with Crippen molar-refractivity contribution in [3.05, 3.63) is 29.8 Å². The molecule has 1 rings (SSSR count). The number of benzene rings is 1. The van der Waals surface area contributed by atoms with E-state index in [9.17, 15) is 9.59 Å². The first-order valence-electron chi connectivity index (χ1n) is 5.94. The van der Waals surface area contributed by atoms with Gasteiger partial charge in [-0.3, -0.25) is 9.59 Å². The zero-order valence-electron chi connectivity index (χ0n) is 11.3. The highest BCUT2D eigenvalue weighted by atomic mass is 16.2. The van der Waals surface area contributed by atoms with Crippen LogP contribution in [-0.2, 0) is 4.79 Å². The second-order valence-electron chi connectivity index (χ2n) is 5.23. The minimum Gasteiger partial charge on any atom is -0.325 e. The molecule has 1 aromatic carbocycles. The van der Waals surface area contributed by atoms with E-state index < -0.39 is 5.41 Å². The van der Waals surface area contributed by atoms with E-state index in [4.69, 9.17) is 0 Å². The summed E-state index contributed by atoms with van der Waals surface area (Å²) in [6.45, 7) is 5.93. The molecule has 0 unspecified atom stereocenters. The van der Waals surface area contributed by atoms with Crippen molar-refractivity contribution in [2.75, 3.05) is 18.9 Å². The van der Waals surface area contributed by atoms with Gasteiger partial charge in [-0.2, -0.15) is 0 Å². The summed E-state index contributed by atoms with van der Waals surface area (Å²) in [7, 11) is 1.71. The third kappa shape index (κ3) is 3.96. The van der Waals surface area contributed by atoms with Crippen molar-refractivity contribution < 1.29 is 9.59 Å². The van der Waals surface area contributed by atoms with Gasteiger partial charge in [0.05, 0.1) is 6.54 Å². The highest BCUT2D eigenvalue weighted by Gasteiger charge is 2.22. The summed E-state index contributed by atoms with van der Waals surface area (Å²) in [5, 5.41) is 5.51. The summed E-state index contributed by atoms with van der Waals surface area (Å²) in [5.74, 6) is -0.0111. The van der Waals surface area contributed by atoms with E-state index >= 15 is 0 Å². The lowest BCUT2D eigenvalue weighted by atomic mass is 9.86. The molecule has 0 aromatic heterocycles. The Morgan fingerprint density at radius 2 is 1.67 bits per heavy atom. The van der Waals surface area contributed by atoms with Gasteiger partial charge in [-0.25, -0.2) is 0 Å². The molecule has 0 heterocycles. The minimum atomic E-state index is -0.392. The average Bonchev–Trinajstić information content (AvgIpc) is 2.28. The first kappa shape index (κ1) is 14.4. The number of hydrogen-bond donors (Lipinski definition) is 2. The van der Waals surface area contributed by atoms with Crippen molar-refractivity contribution in [3.8, 4) is 0 Å². The van der Waals surface area contributed by atoms with E-state index in [0.717, 1.165) is 0 Å². The van der Waals surface area contributed by atoms with Crippen LogP contribution in [0.4, 0.5) is 5.69 Å². The van der Waals surface area contributed by atoms with Gasteiger partial charge in [0.2, 0.25) is 5.91 Å². The van der Waals surface area contributed by atoms with Gasteiger partial charge in [-0.05, 0) is 31.3 Å². The van der Waals surface area contributed by atoms with Gasteiger partial charge in [0.25, 0.3) is 0 Å². The summed E-state index contributed by atoms with van der Waals surface area (Å²) < 4.78 is 0. The van der Waals surface area contributed by atoms with Crippen molar-refractivity contribution >= 4 is 17.4 Å². The fourth-order valence-corrected chi connectivity index (χ4v) is 1.50. The van der Waals surface area contributed by atoms with E-state index in [1.807, 2.05) is 20.8 Å². The average molecular weight is 248 g/mol. The molecular formula is C14H20N2O2. The van der Waals surface area contributed by atoms with E-state index in [1.54, 1.807) is 31.3 Å². The monoisotopic (exact) mass is 248 g/mol. The Balaban J connectivity index is 2.75. The van der Waals surface area contributed by atoms with E-state index in [-0.39, 0.29) is 18.2 Å². The lowest BCUT2D eigenvalue weighted by Gasteiger charge is -2.16. The standard InChI is InChI=1S/C14H20N2O2/c1-14(2,3)13(18)10-5-7-11(8-6-10)16-12(17)9-15-4/h5-8,15H,9H2,1-4H3,(H,16,17). The van der Waals surface area contributed by atoms with E-state index in [0.29, 0.717) is 11.3 Å². The number of nitrogens with one attached hydrogen (secondary N) is 2. The summed E-state index contributed by atoms with van der Waals surface area (Å²) >= 11 is 0. The normalized spacial score (nSPS) is 11.1. The number of carbonyl (C=O) groups excluding carboxylic acids is 2. The van der Waals surface area contributed by atoms with Crippen LogP contribution in [0.3, 0.4) is 0 Å². The first-order chi connectivity index (χ1) is 8.34. The van der Waals surface area contributed by atoms with Gasteiger partial charge in [0.1, 0.15) is 0 Å². The molecule has 0 fully saturated rings. The number of likely N-dealkylation sites (N-methyl/N-ethyl adjacent to an activating group) is 1. The third-order valence-corrected chi connectivity index (χ3v) is 2.45. The minimum absolute atomic E-state index is 0.0931. The van der Waals surface area contributed by atoms with Crippen LogP contribution < -0.4 is 10.6 Å². The van der Waals surface area contributed by atoms with Gasteiger partial charge in [0.15, 0.2) is 5.78 Å². The van der Waals surface area contributed by atoms with Crippen LogP contribution in [0.2, 0.25) is 0 Å². The van der Waals surface area contributed by atoms with Crippen molar-refractivity contribution in [1.82, 2.24) is 5.32 Å². The van der Waals surface area contributed by atoms with Crippen molar-refractivity contribution in [2.24, 2.45) is 5.41 Å². The van der Waals surface area contributed by atoms with E-state index in [2.05, 4.69) is 10.6 Å². The molecule has 0 radical (unpaired) electrons. The molecule has 0 spiro atoms. The van der Waals surface area contributed by atoms with Gasteiger partial charge in [-0.15, -0.1) is 0 Å². The maximum atomic E-state index is 12.0. The molecule has 4 heteroatoms. The van der Waals surface area contributed by atoms with E-state index in [1.165, 1.54) is 0 Å². The fraction of sp³-hybridized carbons (Fsp3) is 0.429. The maximum Gasteiger partial charge on any atom is 0.238 e. The molecule has 1 amide bonds. The van der Waals surface area contributed by atoms with Crippen molar-refractivity contribution in [3.63, 3.8) is 0 Å². The molecule has 0 saturated carbocycles. The Hall–Kier alpha value is -1.68. The van der Waals surface area contributed by atoms with Gasteiger partial charge in [0, 0.05) is 16.7 Å². The predicted molar refractivity (Wildman–Crippen MR) is 72.8 cm³/mol. The first-order valence-corrected chi connectivity index (χ1v) is 5.94. The second-order valence-corrected chi connectivity index (χ2v) is 5.23. The highest BCUT2D eigenvalue weighted by molar-refractivity contribution is 6.00. The second kappa shape index (κ2) is 5.78. The fourth-order valence-electron chi connectivity index (χ4n) is 1.50. The zero-order chi connectivity index (χ0) is 13.8. The Morgan fingerprint density at radius 1 is 1.11 bits per heavy atom. The van der Waals surface area contributed by atoms with Crippen LogP contribution in [0.25, 0.3) is 0 Å². The number of rotatable bonds is 4. The Labute approximate surface area is 108 Å². The molecule has 18 heavy (non-hydrogen) atoms. The smallest absolute Gasteiger partial charge is 0.238 e. The van der Waals surface area contributed by atoms with Crippen LogP contribution in [0.15, 0.2) is 24.3 Å². The number of carbonyl (C=O) groups is 2. The number of Topliss-reactive ketones (excluding diaryl/α,β-unsaturated/α-hetero) is 1. The zero-order valence-corrected chi connectivity index (χ0v) is 11.3. The molecule has 98 valence electrons. The molecule has 0 aliphatic heterocycles. The largest absolute Gasteiger partial charge is 0.325 e. The van der Waals surface area contributed by atoms with Gasteiger partial charge < -0.3 is 10.6 Å². The van der Waals surface area contributed by atoms with Gasteiger partial charge >= 0.3 is 0 Å². The highest BCUT2D eigenvalue weighted by Crippen LogP contribution is 2.21. The Kier molecular flexibility index (Phi) is 4.62. The molecule has 2 N–H and O–H groups in total. The number of anilines is 1. The number of amides is 1. The molecule has 0 bridgehead atoms. The molecule has 1 aromatic rings. The van der Waals surface area contributed by atoms with Gasteiger partial charge in [-0.1, -0.05) is 20.8 Å². The summed E-state index contributed by atoms with van der Waals surface area (Å²) in [6, 6.07) is 6.96. The van der Waals surface area contributed by atoms with Crippen LogP contribution in [-0.4, -0.2) is 25.3 Å². The molecular weight excluding hydrogens is 228 g/mol. The Bertz CT molecular complexity index is 430. The molecule has 0 saturated heterocycles. The van der Waals surface area contributed by atoms with Crippen LogP contribution in [0.1, 0.15) is 31.1 Å². The molecule has 0 aliphatic carbocycles. The SMILES string of the molecule is CNCC(=O)Nc1ccc(C(=O)C(C)(C)C)cc1. The summed E-state index contributed by atoms with van der Waals surface area (Å²) in [4.78, 5) is 23.4. The molecule has 0 aliphatic rings. The van der Waals surface area contributed by atoms with Crippen LogP contribution in [0, 0.1) is 5.41 Å². The van der Waals surface area contributed by atoms with Crippen molar-refractivity contribution in [2.45, 2.75) is 20.8 Å². The summed E-state index contributed by atoms with van der Waals surface area (Å²) in [5.41, 5.74) is 0.964. The quantitative estimate of drug-likeness (QED) is 0.802. The Morgan fingerprint density at radius 3 is 2.11 bits per heavy atom. The lowest BCUT2D eigenvalue weighted by Crippen LogP contribution is -2.25. The summed E-state index contributed by atoms with van der Waals surface area (Å²) in [6.07, 6.45) is 0. The van der Waals surface area contributed by atoms with Crippen molar-refractivity contribution in [1.29, 1.82) is 0 Å². The predicted octanol–water partition coefficient (Wildman–Crippen LogP) is 2.07. The topological polar surface area (TPSA) is 58.2 Å². The maximum absolute atomic E-state index is 12.0. The lowest BCUT2D eigenvalue weighted by molar-refractivity contribution is -0.115. The number of hydrogen-bond acceptors (Lipinski definition) is 3. The molecule has 4 nitrogen and oxygen atoms in total. The molecule has 0 atom stereocenters. The number of ketones is 1. The van der Waals surface area contributed by atoms with Crippen LogP contribution in [0.5, 0.6) is 0 Å². The third-order valence-electron chi connectivity index (χ3n) is 2.45.